The van der Waals surface area contributed by atoms with Crippen LogP contribution < -0.4 is 5.32 Å². The molecule has 1 atom stereocenters. The van der Waals surface area contributed by atoms with E-state index < -0.39 is 0 Å². The molecule has 3 rings (SSSR count). The zero-order chi connectivity index (χ0) is 17.5. The Morgan fingerprint density at radius 3 is 3.00 bits per heavy atom. The Balaban J connectivity index is 1.77. The van der Waals surface area contributed by atoms with Crippen LogP contribution in [0.15, 0.2) is 42.7 Å². The highest BCUT2D eigenvalue weighted by atomic mass is 16.2. The molecular weight excluding hydrogens is 314 g/mol. The molecule has 0 bridgehead atoms. The van der Waals surface area contributed by atoms with Crippen LogP contribution in [0.1, 0.15) is 30.7 Å². The van der Waals surface area contributed by atoms with Crippen molar-refractivity contribution in [1.29, 1.82) is 0 Å². The molecule has 1 aliphatic heterocycles. The molecule has 6 nitrogen and oxygen atoms in total. The number of pyridine rings is 1. The number of aryl methyl sites for hydroxylation is 1. The maximum Gasteiger partial charge on any atom is 0.247 e. The topological polar surface area (TPSA) is 63.1 Å². The number of aromatic nitrogens is 3. The maximum absolute atomic E-state index is 12.9. The molecule has 1 aliphatic rings. The van der Waals surface area contributed by atoms with Gasteiger partial charge in [0.1, 0.15) is 0 Å². The van der Waals surface area contributed by atoms with Gasteiger partial charge >= 0.3 is 0 Å². The monoisotopic (exact) mass is 339 g/mol. The molecule has 0 saturated carbocycles. The third kappa shape index (κ3) is 4.76. The fourth-order valence-electron chi connectivity index (χ4n) is 3.17. The number of carbonyl (C=O) groups excluding carboxylic acids is 1. The van der Waals surface area contributed by atoms with Crippen molar-refractivity contribution in [3.8, 4) is 0 Å². The summed E-state index contributed by atoms with van der Waals surface area (Å²) in [4.78, 5) is 19.3. The molecule has 0 aromatic carbocycles. The van der Waals surface area contributed by atoms with Crippen LogP contribution in [0.4, 0.5) is 0 Å². The van der Waals surface area contributed by atoms with E-state index in [2.05, 4.69) is 15.4 Å². The highest BCUT2D eigenvalue weighted by Crippen LogP contribution is 2.17. The van der Waals surface area contributed by atoms with Crippen molar-refractivity contribution in [2.45, 2.75) is 31.8 Å². The molecule has 0 aliphatic carbocycles. The van der Waals surface area contributed by atoms with Gasteiger partial charge in [0.15, 0.2) is 0 Å². The lowest BCUT2D eigenvalue weighted by Gasteiger charge is -2.30. The van der Waals surface area contributed by atoms with Crippen LogP contribution in [0.2, 0.25) is 0 Å². The molecule has 132 valence electrons. The molecule has 0 spiro atoms. The van der Waals surface area contributed by atoms with Gasteiger partial charge in [0.25, 0.3) is 0 Å². The summed E-state index contributed by atoms with van der Waals surface area (Å²) in [5.41, 5.74) is 1.83. The van der Waals surface area contributed by atoms with Crippen molar-refractivity contribution in [1.82, 2.24) is 25.0 Å². The molecular formula is C19H25N5O. The molecule has 2 aromatic heterocycles. The first kappa shape index (κ1) is 17.4. The van der Waals surface area contributed by atoms with E-state index in [1.54, 1.807) is 23.2 Å². The molecule has 3 heterocycles. The van der Waals surface area contributed by atoms with Crippen LogP contribution in [0.25, 0.3) is 6.08 Å². The predicted octanol–water partition coefficient (Wildman–Crippen LogP) is 2.00. The Bertz CT molecular complexity index is 702. The van der Waals surface area contributed by atoms with E-state index >= 15 is 0 Å². The van der Waals surface area contributed by atoms with E-state index in [0.717, 1.165) is 43.7 Å². The minimum atomic E-state index is 0.0266. The number of rotatable bonds is 5. The SMILES string of the molecule is Cn1nccc1/C=C/C(=O)N(Cc1ccccn1)C1CCCNCC1. The fourth-order valence-corrected chi connectivity index (χ4v) is 3.17. The number of hydrogen-bond acceptors (Lipinski definition) is 4. The van der Waals surface area contributed by atoms with Crippen molar-refractivity contribution < 1.29 is 4.79 Å². The first-order valence-corrected chi connectivity index (χ1v) is 8.81. The minimum absolute atomic E-state index is 0.0266. The summed E-state index contributed by atoms with van der Waals surface area (Å²) in [6.07, 6.45) is 10.1. The molecule has 25 heavy (non-hydrogen) atoms. The fraction of sp³-hybridized carbons (Fsp3) is 0.421. The van der Waals surface area contributed by atoms with Crippen LogP contribution in [-0.4, -0.2) is 44.7 Å². The molecule has 1 fully saturated rings. The van der Waals surface area contributed by atoms with E-state index in [-0.39, 0.29) is 11.9 Å². The van der Waals surface area contributed by atoms with Gasteiger partial charge in [0.2, 0.25) is 5.91 Å². The van der Waals surface area contributed by atoms with E-state index in [0.29, 0.717) is 6.54 Å². The summed E-state index contributed by atoms with van der Waals surface area (Å²) in [7, 11) is 1.87. The average molecular weight is 339 g/mol. The molecule has 6 heteroatoms. The zero-order valence-corrected chi connectivity index (χ0v) is 14.6. The number of amides is 1. The van der Waals surface area contributed by atoms with Gasteiger partial charge in [-0.25, -0.2) is 0 Å². The van der Waals surface area contributed by atoms with E-state index in [9.17, 15) is 4.79 Å². The van der Waals surface area contributed by atoms with E-state index in [4.69, 9.17) is 0 Å². The first-order valence-electron chi connectivity index (χ1n) is 8.81. The summed E-state index contributed by atoms with van der Waals surface area (Å²) >= 11 is 0. The normalized spacial score (nSPS) is 18.2. The third-order valence-corrected chi connectivity index (χ3v) is 4.58. The largest absolute Gasteiger partial charge is 0.330 e. The number of hydrogen-bond donors (Lipinski definition) is 1. The number of nitrogens with zero attached hydrogens (tertiary/aromatic N) is 4. The van der Waals surface area contributed by atoms with E-state index in [1.165, 1.54) is 0 Å². The van der Waals surface area contributed by atoms with Crippen molar-refractivity contribution in [2.24, 2.45) is 7.05 Å². The Hall–Kier alpha value is -2.47. The standard InChI is InChI=1S/C19H25N5O/c1-23-17(10-14-22-23)7-8-19(25)24(15-16-5-2-3-12-21-16)18-6-4-11-20-13-9-18/h2-3,5,7-8,10,12,14,18,20H,4,6,9,11,13,15H2,1H3/b8-7+. The van der Waals surface area contributed by atoms with Crippen molar-refractivity contribution in [2.75, 3.05) is 13.1 Å². The van der Waals surface area contributed by atoms with Gasteiger partial charge in [-0.1, -0.05) is 6.07 Å². The number of carbonyl (C=O) groups is 1. The second-order valence-electron chi connectivity index (χ2n) is 6.33. The molecule has 1 N–H and O–H groups in total. The third-order valence-electron chi connectivity index (χ3n) is 4.58. The van der Waals surface area contributed by atoms with Gasteiger partial charge < -0.3 is 10.2 Å². The second kappa shape index (κ2) is 8.58. The summed E-state index contributed by atoms with van der Waals surface area (Å²) in [6.45, 7) is 2.51. The predicted molar refractivity (Wildman–Crippen MR) is 97.5 cm³/mol. The van der Waals surface area contributed by atoms with Crippen LogP contribution in [0, 0.1) is 0 Å². The van der Waals surface area contributed by atoms with Gasteiger partial charge in [-0.05, 0) is 56.6 Å². The van der Waals surface area contributed by atoms with Crippen LogP contribution in [0.5, 0.6) is 0 Å². The van der Waals surface area contributed by atoms with Gasteiger partial charge in [-0.15, -0.1) is 0 Å². The lowest BCUT2D eigenvalue weighted by atomic mass is 10.1. The summed E-state index contributed by atoms with van der Waals surface area (Å²) in [5.74, 6) is 0.0266. The van der Waals surface area contributed by atoms with Gasteiger partial charge in [0, 0.05) is 31.6 Å². The van der Waals surface area contributed by atoms with Crippen molar-refractivity contribution in [3.63, 3.8) is 0 Å². The molecule has 1 unspecified atom stereocenters. The molecule has 1 amide bonds. The maximum atomic E-state index is 12.9. The lowest BCUT2D eigenvalue weighted by molar-refractivity contribution is -0.129. The Kier molecular flexibility index (Phi) is 5.95. The van der Waals surface area contributed by atoms with Gasteiger partial charge in [-0.3, -0.25) is 14.5 Å². The van der Waals surface area contributed by atoms with Gasteiger partial charge in [0.05, 0.1) is 17.9 Å². The highest BCUT2D eigenvalue weighted by Gasteiger charge is 2.23. The molecule has 1 saturated heterocycles. The summed E-state index contributed by atoms with van der Waals surface area (Å²) < 4.78 is 1.75. The summed E-state index contributed by atoms with van der Waals surface area (Å²) in [6, 6.07) is 7.96. The Morgan fingerprint density at radius 2 is 2.24 bits per heavy atom. The molecule has 0 radical (unpaired) electrons. The molecule has 2 aromatic rings. The second-order valence-corrected chi connectivity index (χ2v) is 6.33. The average Bonchev–Trinajstić information content (AvgIpc) is 2.87. The zero-order valence-electron chi connectivity index (χ0n) is 14.6. The smallest absolute Gasteiger partial charge is 0.247 e. The van der Waals surface area contributed by atoms with Crippen LogP contribution >= 0.6 is 0 Å². The first-order chi connectivity index (χ1) is 12.2. The summed E-state index contributed by atoms with van der Waals surface area (Å²) in [5, 5.41) is 7.55. The number of nitrogens with one attached hydrogen (secondary N) is 1. The Morgan fingerprint density at radius 1 is 1.32 bits per heavy atom. The van der Waals surface area contributed by atoms with Crippen LogP contribution in [-0.2, 0) is 18.4 Å². The Labute approximate surface area is 148 Å². The van der Waals surface area contributed by atoms with Crippen molar-refractivity contribution >= 4 is 12.0 Å². The lowest BCUT2D eigenvalue weighted by Crippen LogP contribution is -2.39. The quantitative estimate of drug-likeness (QED) is 0.847. The van der Waals surface area contributed by atoms with Gasteiger partial charge in [-0.2, -0.15) is 5.10 Å². The minimum Gasteiger partial charge on any atom is -0.330 e. The van der Waals surface area contributed by atoms with Crippen molar-refractivity contribution in [3.05, 3.63) is 54.1 Å². The van der Waals surface area contributed by atoms with E-state index in [1.807, 2.05) is 42.3 Å². The van der Waals surface area contributed by atoms with Crippen LogP contribution in [0.3, 0.4) is 0 Å². The highest BCUT2D eigenvalue weighted by molar-refractivity contribution is 5.91.